The van der Waals surface area contributed by atoms with E-state index in [9.17, 15) is 13.6 Å². The fraction of sp³-hybridized carbons (Fsp3) is 0.417. The molecule has 94 valence electrons. The van der Waals surface area contributed by atoms with Gasteiger partial charge in [-0.3, -0.25) is 0 Å². The van der Waals surface area contributed by atoms with Gasteiger partial charge in [-0.1, -0.05) is 17.7 Å². The molecule has 0 aromatic heterocycles. The number of hydrogen-bond donors (Lipinski definition) is 1. The van der Waals surface area contributed by atoms with E-state index in [0.717, 1.165) is 5.56 Å². The van der Waals surface area contributed by atoms with Crippen LogP contribution in [0.4, 0.5) is 8.78 Å². The summed E-state index contributed by atoms with van der Waals surface area (Å²) in [5.74, 6) is -1.70. The average molecular weight is 243 g/mol. The largest absolute Gasteiger partial charge is 0.464 e. The number of alkyl halides is 1. The molecule has 0 saturated heterocycles. The molecule has 3 nitrogen and oxygen atoms in total. The molecule has 1 aromatic carbocycles. The van der Waals surface area contributed by atoms with E-state index in [0.29, 0.717) is 0 Å². The van der Waals surface area contributed by atoms with E-state index >= 15 is 0 Å². The molecule has 0 radical (unpaired) electrons. The zero-order chi connectivity index (χ0) is 13.0. The molecule has 0 bridgehead atoms. The predicted octanol–water partition coefficient (Wildman–Crippen LogP) is 2.04. The van der Waals surface area contributed by atoms with Crippen LogP contribution in [0.1, 0.15) is 24.1 Å². The Morgan fingerprint density at radius 3 is 2.76 bits per heavy atom. The van der Waals surface area contributed by atoms with Crippen LogP contribution in [0.15, 0.2) is 18.2 Å². The Labute approximate surface area is 98.6 Å². The molecule has 1 unspecified atom stereocenters. The first-order chi connectivity index (χ1) is 7.97. The first-order valence-corrected chi connectivity index (χ1v) is 5.29. The number of esters is 1. The van der Waals surface area contributed by atoms with Crippen LogP contribution in [0, 0.1) is 12.7 Å². The molecule has 0 spiro atoms. The van der Waals surface area contributed by atoms with Gasteiger partial charge in [0.05, 0.1) is 12.6 Å². The van der Waals surface area contributed by atoms with Gasteiger partial charge in [0.25, 0.3) is 0 Å². The van der Waals surface area contributed by atoms with Crippen LogP contribution in [-0.4, -0.2) is 18.7 Å². The summed E-state index contributed by atoms with van der Waals surface area (Å²) >= 11 is 0. The summed E-state index contributed by atoms with van der Waals surface area (Å²) < 4.78 is 31.5. The van der Waals surface area contributed by atoms with Crippen molar-refractivity contribution in [3.8, 4) is 0 Å². The van der Waals surface area contributed by atoms with Crippen molar-refractivity contribution in [3.05, 3.63) is 35.1 Å². The highest BCUT2D eigenvalue weighted by molar-refractivity contribution is 5.75. The van der Waals surface area contributed by atoms with Gasteiger partial charge in [0.1, 0.15) is 5.82 Å². The molecule has 0 aliphatic rings. The van der Waals surface area contributed by atoms with Gasteiger partial charge in [-0.2, -0.15) is 0 Å². The number of hydrogen-bond acceptors (Lipinski definition) is 3. The van der Waals surface area contributed by atoms with E-state index in [-0.39, 0.29) is 12.2 Å². The molecule has 0 amide bonds. The summed E-state index contributed by atoms with van der Waals surface area (Å²) in [7, 11) is 0. The first kappa shape index (κ1) is 13.6. The summed E-state index contributed by atoms with van der Waals surface area (Å²) in [4.78, 5) is 11.2. The Morgan fingerprint density at radius 1 is 1.53 bits per heavy atom. The highest BCUT2D eigenvalue weighted by Crippen LogP contribution is 2.22. The van der Waals surface area contributed by atoms with Gasteiger partial charge in [0.15, 0.2) is 0 Å². The van der Waals surface area contributed by atoms with E-state index in [2.05, 4.69) is 4.74 Å². The normalized spacial score (nSPS) is 14.2. The molecule has 1 rings (SSSR count). The number of carbonyl (C=O) groups is 1. The minimum Gasteiger partial charge on any atom is -0.464 e. The highest BCUT2D eigenvalue weighted by atomic mass is 19.1. The van der Waals surface area contributed by atoms with Crippen LogP contribution in [0.5, 0.6) is 0 Å². The Balaban J connectivity index is 2.91. The molecular weight excluding hydrogens is 228 g/mol. The van der Waals surface area contributed by atoms with Crippen molar-refractivity contribution >= 4 is 5.97 Å². The van der Waals surface area contributed by atoms with Crippen LogP contribution < -0.4 is 5.73 Å². The molecule has 0 heterocycles. The Hall–Kier alpha value is -1.49. The number of ether oxygens (including phenoxy) is 1. The monoisotopic (exact) mass is 243 g/mol. The summed E-state index contributed by atoms with van der Waals surface area (Å²) in [5, 5.41) is 0. The molecule has 5 heteroatoms. The van der Waals surface area contributed by atoms with Gasteiger partial charge in [0, 0.05) is 5.56 Å². The minimum absolute atomic E-state index is 0.0226. The fourth-order valence-corrected chi connectivity index (χ4v) is 1.44. The molecule has 2 atom stereocenters. The van der Waals surface area contributed by atoms with Gasteiger partial charge in [-0.25, -0.2) is 13.6 Å². The van der Waals surface area contributed by atoms with E-state index in [1.165, 1.54) is 12.1 Å². The third-order valence-corrected chi connectivity index (χ3v) is 2.34. The van der Waals surface area contributed by atoms with Crippen molar-refractivity contribution in [2.45, 2.75) is 26.1 Å². The van der Waals surface area contributed by atoms with Crippen LogP contribution in [0.25, 0.3) is 0 Å². The van der Waals surface area contributed by atoms with Crippen LogP contribution >= 0.6 is 0 Å². The number of rotatable bonds is 4. The van der Waals surface area contributed by atoms with Crippen molar-refractivity contribution in [3.63, 3.8) is 0 Å². The molecule has 0 fully saturated rings. The van der Waals surface area contributed by atoms with E-state index in [1.54, 1.807) is 19.9 Å². The number of benzene rings is 1. The standard InChI is InChI=1S/C12H15F2NO2/c1-3-17-12(16)10(14)11(15)8-6-7(2)4-5-9(8)13/h4-6,10-11H,3,15H2,1-2H3/t10?,11-/m1/s1. The maximum absolute atomic E-state index is 13.6. The van der Waals surface area contributed by atoms with Crippen LogP contribution in [0.3, 0.4) is 0 Å². The second kappa shape index (κ2) is 5.72. The molecule has 17 heavy (non-hydrogen) atoms. The zero-order valence-corrected chi connectivity index (χ0v) is 9.74. The quantitative estimate of drug-likeness (QED) is 0.823. The number of carbonyl (C=O) groups excluding carboxylic acids is 1. The second-order valence-electron chi connectivity index (χ2n) is 3.70. The second-order valence-corrected chi connectivity index (χ2v) is 3.70. The Kier molecular flexibility index (Phi) is 4.57. The van der Waals surface area contributed by atoms with Crippen molar-refractivity contribution in [2.24, 2.45) is 5.73 Å². The van der Waals surface area contributed by atoms with Crippen LogP contribution in [-0.2, 0) is 9.53 Å². The molecule has 0 aliphatic carbocycles. The fourth-order valence-electron chi connectivity index (χ4n) is 1.44. The smallest absolute Gasteiger partial charge is 0.342 e. The first-order valence-electron chi connectivity index (χ1n) is 5.29. The van der Waals surface area contributed by atoms with Crippen molar-refractivity contribution in [1.29, 1.82) is 0 Å². The Morgan fingerprint density at radius 2 is 2.18 bits per heavy atom. The lowest BCUT2D eigenvalue weighted by molar-refractivity contribution is -0.149. The average Bonchev–Trinajstić information content (AvgIpc) is 2.30. The van der Waals surface area contributed by atoms with Gasteiger partial charge in [-0.05, 0) is 19.9 Å². The summed E-state index contributed by atoms with van der Waals surface area (Å²) in [6.45, 7) is 3.35. The SMILES string of the molecule is CCOC(=O)C(F)[C@H](N)c1cc(C)ccc1F. The number of nitrogens with two attached hydrogens (primary N) is 1. The van der Waals surface area contributed by atoms with Crippen molar-refractivity contribution in [1.82, 2.24) is 0 Å². The lowest BCUT2D eigenvalue weighted by Crippen LogP contribution is -2.32. The van der Waals surface area contributed by atoms with Crippen molar-refractivity contribution < 1.29 is 18.3 Å². The Bertz CT molecular complexity index is 409. The summed E-state index contributed by atoms with van der Waals surface area (Å²) in [5.41, 5.74) is 6.24. The minimum atomic E-state index is -2.06. The molecule has 0 saturated carbocycles. The van der Waals surface area contributed by atoms with Gasteiger partial charge < -0.3 is 10.5 Å². The molecular formula is C12H15F2NO2. The van der Waals surface area contributed by atoms with E-state index in [4.69, 9.17) is 5.73 Å². The predicted molar refractivity (Wildman–Crippen MR) is 59.6 cm³/mol. The van der Waals surface area contributed by atoms with Gasteiger partial charge in [-0.15, -0.1) is 0 Å². The lowest BCUT2D eigenvalue weighted by atomic mass is 10.0. The van der Waals surface area contributed by atoms with Crippen molar-refractivity contribution in [2.75, 3.05) is 6.61 Å². The number of aryl methyl sites for hydroxylation is 1. The maximum atomic E-state index is 13.6. The maximum Gasteiger partial charge on any atom is 0.342 e. The zero-order valence-electron chi connectivity index (χ0n) is 9.74. The topological polar surface area (TPSA) is 52.3 Å². The highest BCUT2D eigenvalue weighted by Gasteiger charge is 2.29. The number of halogens is 2. The third-order valence-electron chi connectivity index (χ3n) is 2.34. The third kappa shape index (κ3) is 3.23. The van der Waals surface area contributed by atoms with Gasteiger partial charge in [0.2, 0.25) is 6.17 Å². The lowest BCUT2D eigenvalue weighted by Gasteiger charge is -2.16. The van der Waals surface area contributed by atoms with Gasteiger partial charge >= 0.3 is 5.97 Å². The molecule has 2 N–H and O–H groups in total. The van der Waals surface area contributed by atoms with E-state index in [1.807, 2.05) is 0 Å². The molecule has 0 aliphatic heterocycles. The molecule has 1 aromatic rings. The summed E-state index contributed by atoms with van der Waals surface area (Å²) in [6.07, 6.45) is -2.06. The van der Waals surface area contributed by atoms with Crippen LogP contribution in [0.2, 0.25) is 0 Å². The van der Waals surface area contributed by atoms with E-state index < -0.39 is 24.0 Å². The summed E-state index contributed by atoms with van der Waals surface area (Å²) in [6, 6.07) is 2.81.